The fraction of sp³-hybridized carbons (Fsp3) is 0.375. The van der Waals surface area contributed by atoms with Gasteiger partial charge in [-0.1, -0.05) is 13.0 Å². The molecule has 0 atom stereocenters. The average molecular weight is 510 g/mol. The van der Waals surface area contributed by atoms with Crippen LogP contribution in [-0.2, 0) is 21.2 Å². The lowest BCUT2D eigenvalue weighted by Crippen LogP contribution is -2.33. The van der Waals surface area contributed by atoms with Gasteiger partial charge in [-0.3, -0.25) is 4.79 Å². The number of carboxylic acid groups (broad SMARTS) is 1. The number of benzene rings is 2. The van der Waals surface area contributed by atoms with Gasteiger partial charge in [0.15, 0.2) is 0 Å². The van der Waals surface area contributed by atoms with Crippen molar-refractivity contribution in [2.45, 2.75) is 49.1 Å². The molecule has 3 rings (SSSR count). The normalized spacial score (nSPS) is 12.0. The third-order valence-corrected chi connectivity index (χ3v) is 10.2. The van der Waals surface area contributed by atoms with Crippen molar-refractivity contribution in [3.63, 3.8) is 0 Å². The number of fused-ring (bicyclic) bond motifs is 1. The number of carboxylic acids is 1. The number of aryl methyl sites for hydroxylation is 3. The monoisotopic (exact) mass is 509 g/mol. The van der Waals surface area contributed by atoms with Crippen molar-refractivity contribution in [2.75, 3.05) is 18.8 Å². The number of hydrogen-bond donors (Lipinski definition) is 1. The highest BCUT2D eigenvalue weighted by Crippen LogP contribution is 2.36. The predicted octanol–water partition coefficient (Wildman–Crippen LogP) is 5.87. The fourth-order valence-corrected chi connectivity index (χ4v) is 8.18. The molecule has 5 nitrogen and oxygen atoms in total. The number of nitrogens with zero attached hydrogens (tertiary/aromatic N) is 1. The van der Waals surface area contributed by atoms with Crippen molar-refractivity contribution >= 4 is 49.2 Å². The molecule has 0 bridgehead atoms. The standard InChI is InChI=1S/C24H28FNO4S3/c1-4-11-26(12-13-31-20-8-5-18(16(2)14-20)6-10-23(27)28)33(29,30)24-17(3)21-15-19(25)7-9-22(21)32-24/h5,7-9,14-15H,4,6,10-13H2,1-3H3,(H,27,28). The van der Waals surface area contributed by atoms with Crippen LogP contribution in [-0.4, -0.2) is 42.6 Å². The van der Waals surface area contributed by atoms with Gasteiger partial charge in [0.25, 0.3) is 10.0 Å². The van der Waals surface area contributed by atoms with E-state index in [1.165, 1.54) is 27.8 Å². The van der Waals surface area contributed by atoms with Gasteiger partial charge < -0.3 is 5.11 Å². The topological polar surface area (TPSA) is 74.7 Å². The zero-order valence-electron chi connectivity index (χ0n) is 18.9. The zero-order valence-corrected chi connectivity index (χ0v) is 21.4. The lowest BCUT2D eigenvalue weighted by Gasteiger charge is -2.21. The van der Waals surface area contributed by atoms with Crippen LogP contribution >= 0.6 is 23.1 Å². The molecule has 1 aromatic heterocycles. The first-order chi connectivity index (χ1) is 15.6. The molecule has 1 N–H and O–H groups in total. The Labute approximate surface area is 202 Å². The summed E-state index contributed by atoms with van der Waals surface area (Å²) in [4.78, 5) is 11.8. The van der Waals surface area contributed by atoms with Gasteiger partial charge in [0.05, 0.1) is 0 Å². The molecule has 33 heavy (non-hydrogen) atoms. The summed E-state index contributed by atoms with van der Waals surface area (Å²) in [7, 11) is -3.69. The Kier molecular flexibility index (Phi) is 8.55. The minimum Gasteiger partial charge on any atom is -0.481 e. The van der Waals surface area contributed by atoms with Crippen LogP contribution in [0.5, 0.6) is 0 Å². The van der Waals surface area contributed by atoms with Crippen LogP contribution in [0, 0.1) is 19.7 Å². The second kappa shape index (κ2) is 11.0. The molecule has 0 fully saturated rings. The summed E-state index contributed by atoms with van der Waals surface area (Å²) in [5.41, 5.74) is 2.64. The molecule has 0 unspecified atom stereocenters. The smallest absolute Gasteiger partial charge is 0.303 e. The van der Waals surface area contributed by atoms with Gasteiger partial charge in [-0.05, 0) is 79.1 Å². The highest BCUT2D eigenvalue weighted by atomic mass is 32.2. The molecule has 0 aliphatic carbocycles. The number of thioether (sulfide) groups is 1. The second-order valence-electron chi connectivity index (χ2n) is 7.89. The molecule has 9 heteroatoms. The second-order valence-corrected chi connectivity index (χ2v) is 12.2. The van der Waals surface area contributed by atoms with E-state index in [-0.39, 0.29) is 16.4 Å². The number of hydrogen-bond acceptors (Lipinski definition) is 5. The summed E-state index contributed by atoms with van der Waals surface area (Å²) in [6.07, 6.45) is 1.29. The summed E-state index contributed by atoms with van der Waals surface area (Å²) >= 11 is 2.76. The van der Waals surface area contributed by atoms with Crippen molar-refractivity contribution in [2.24, 2.45) is 0 Å². The first kappa shape index (κ1) is 25.7. The Morgan fingerprint density at radius 1 is 1.15 bits per heavy atom. The Bertz CT molecular complexity index is 1250. The molecule has 0 saturated carbocycles. The van der Waals surface area contributed by atoms with Crippen LogP contribution in [0.3, 0.4) is 0 Å². The molecular weight excluding hydrogens is 481 g/mol. The highest BCUT2D eigenvalue weighted by Gasteiger charge is 2.28. The van der Waals surface area contributed by atoms with Crippen LogP contribution in [0.25, 0.3) is 10.1 Å². The first-order valence-corrected chi connectivity index (χ1v) is 14.0. The Morgan fingerprint density at radius 2 is 1.91 bits per heavy atom. The summed E-state index contributed by atoms with van der Waals surface area (Å²) < 4.78 is 43.1. The summed E-state index contributed by atoms with van der Waals surface area (Å²) in [5.74, 6) is -0.603. The first-order valence-electron chi connectivity index (χ1n) is 10.8. The van der Waals surface area contributed by atoms with Gasteiger partial charge in [-0.2, -0.15) is 4.31 Å². The largest absolute Gasteiger partial charge is 0.481 e. The third-order valence-electron chi connectivity index (χ3n) is 5.43. The number of aliphatic carboxylic acids is 1. The van der Waals surface area contributed by atoms with E-state index in [4.69, 9.17) is 5.11 Å². The molecule has 1 heterocycles. The van der Waals surface area contributed by atoms with E-state index in [2.05, 4.69) is 0 Å². The van der Waals surface area contributed by atoms with Crippen molar-refractivity contribution in [3.05, 3.63) is 58.9 Å². The minimum absolute atomic E-state index is 0.0982. The maximum atomic E-state index is 13.7. The predicted molar refractivity (Wildman–Crippen MR) is 133 cm³/mol. The number of sulfonamides is 1. The zero-order chi connectivity index (χ0) is 24.2. The summed E-state index contributed by atoms with van der Waals surface area (Å²) in [6.45, 7) is 6.42. The lowest BCUT2D eigenvalue weighted by molar-refractivity contribution is -0.136. The molecule has 0 amide bonds. The van der Waals surface area contributed by atoms with Crippen LogP contribution in [0.4, 0.5) is 4.39 Å². The van der Waals surface area contributed by atoms with Crippen molar-refractivity contribution in [3.8, 4) is 0 Å². The fourth-order valence-electron chi connectivity index (χ4n) is 3.68. The number of halogens is 1. The van der Waals surface area contributed by atoms with Gasteiger partial charge in [-0.15, -0.1) is 23.1 Å². The maximum Gasteiger partial charge on any atom is 0.303 e. The van der Waals surface area contributed by atoms with E-state index in [9.17, 15) is 17.6 Å². The van der Waals surface area contributed by atoms with Gasteiger partial charge in [0.1, 0.15) is 10.0 Å². The third kappa shape index (κ3) is 6.15. The van der Waals surface area contributed by atoms with Crippen molar-refractivity contribution in [1.29, 1.82) is 0 Å². The van der Waals surface area contributed by atoms with Gasteiger partial charge >= 0.3 is 5.97 Å². The molecule has 2 aromatic carbocycles. The van der Waals surface area contributed by atoms with Gasteiger partial charge in [0.2, 0.25) is 0 Å². The van der Waals surface area contributed by atoms with E-state index >= 15 is 0 Å². The van der Waals surface area contributed by atoms with Crippen LogP contribution in [0.15, 0.2) is 45.5 Å². The lowest BCUT2D eigenvalue weighted by atomic mass is 10.0. The summed E-state index contributed by atoms with van der Waals surface area (Å²) in [6, 6.07) is 10.3. The van der Waals surface area contributed by atoms with Gasteiger partial charge in [0, 0.05) is 34.9 Å². The van der Waals surface area contributed by atoms with E-state index in [1.54, 1.807) is 24.8 Å². The van der Waals surface area contributed by atoms with E-state index in [1.807, 2.05) is 32.0 Å². The maximum absolute atomic E-state index is 13.7. The number of carbonyl (C=O) groups is 1. The van der Waals surface area contributed by atoms with E-state index in [0.717, 1.165) is 20.7 Å². The SMILES string of the molecule is CCCN(CCSc1ccc(CCC(=O)O)c(C)c1)S(=O)(=O)c1sc2ccc(F)cc2c1C. The highest BCUT2D eigenvalue weighted by molar-refractivity contribution is 7.99. The van der Waals surface area contributed by atoms with Crippen LogP contribution < -0.4 is 0 Å². The molecule has 0 spiro atoms. The quantitative estimate of drug-likeness (QED) is 0.327. The number of rotatable bonds is 11. The Morgan fingerprint density at radius 3 is 2.58 bits per heavy atom. The molecule has 0 saturated heterocycles. The van der Waals surface area contributed by atoms with E-state index in [0.29, 0.717) is 42.6 Å². The van der Waals surface area contributed by atoms with E-state index < -0.39 is 16.0 Å². The Balaban J connectivity index is 1.73. The van der Waals surface area contributed by atoms with Crippen LogP contribution in [0.1, 0.15) is 36.5 Å². The van der Waals surface area contributed by atoms with Crippen molar-refractivity contribution in [1.82, 2.24) is 4.31 Å². The summed E-state index contributed by atoms with van der Waals surface area (Å²) in [5, 5.41) is 9.52. The van der Waals surface area contributed by atoms with Gasteiger partial charge in [-0.25, -0.2) is 12.8 Å². The molecular formula is C24H28FNO4S3. The number of thiophene rings is 1. The Hall–Kier alpha value is -1.94. The molecule has 0 aliphatic rings. The average Bonchev–Trinajstić information content (AvgIpc) is 3.09. The molecule has 0 radical (unpaired) electrons. The molecule has 178 valence electrons. The van der Waals surface area contributed by atoms with Crippen LogP contribution in [0.2, 0.25) is 0 Å². The van der Waals surface area contributed by atoms with Crippen molar-refractivity contribution < 1.29 is 22.7 Å². The molecule has 3 aromatic rings. The minimum atomic E-state index is -3.69. The molecule has 0 aliphatic heterocycles.